The minimum absolute atomic E-state index is 0.00287. The fraction of sp³-hybridized carbons (Fsp3) is 0.273. The first-order chi connectivity index (χ1) is 19.3. The summed E-state index contributed by atoms with van der Waals surface area (Å²) in [5, 5.41) is 9.34. The van der Waals surface area contributed by atoms with Crippen LogP contribution >= 0.6 is 0 Å². The largest absolute Gasteiger partial charge is 0.481 e. The van der Waals surface area contributed by atoms with Crippen molar-refractivity contribution in [2.24, 2.45) is 11.8 Å². The Balaban J connectivity index is 1.18. The third kappa shape index (κ3) is 4.15. The number of alkyl halides is 3. The molecule has 3 aliphatic rings. The molecule has 5 atom stereocenters. The van der Waals surface area contributed by atoms with Gasteiger partial charge < -0.3 is 9.84 Å². The molecule has 4 nitrogen and oxygen atoms in total. The molecule has 1 N–H and O–H groups in total. The molecule has 0 bridgehead atoms. The van der Waals surface area contributed by atoms with Crippen LogP contribution in [0.2, 0.25) is 0 Å². The Labute approximate surface area is 229 Å². The summed E-state index contributed by atoms with van der Waals surface area (Å²) in [4.78, 5) is 15.8. The van der Waals surface area contributed by atoms with Crippen LogP contribution in [0.3, 0.4) is 0 Å². The van der Waals surface area contributed by atoms with E-state index < -0.39 is 23.6 Å². The number of aromatic nitrogens is 1. The molecule has 1 heterocycles. The van der Waals surface area contributed by atoms with Crippen molar-refractivity contribution >= 4 is 5.97 Å². The van der Waals surface area contributed by atoms with E-state index >= 15 is 0 Å². The third-order valence-corrected chi connectivity index (χ3v) is 8.87. The Morgan fingerprint density at radius 2 is 1.68 bits per heavy atom. The Hall–Kier alpha value is -4.13. The quantitative estimate of drug-likeness (QED) is 0.278. The van der Waals surface area contributed by atoms with Gasteiger partial charge in [0.05, 0.1) is 11.5 Å². The maximum absolute atomic E-state index is 14.0. The van der Waals surface area contributed by atoms with E-state index in [0.717, 1.165) is 39.8 Å². The van der Waals surface area contributed by atoms with Gasteiger partial charge in [-0.2, -0.15) is 13.2 Å². The third-order valence-electron chi connectivity index (χ3n) is 8.87. The lowest BCUT2D eigenvalue weighted by Crippen LogP contribution is -2.12. The number of hydrogen-bond acceptors (Lipinski definition) is 3. The van der Waals surface area contributed by atoms with Gasteiger partial charge in [0.1, 0.15) is 6.61 Å². The fourth-order valence-electron chi connectivity index (χ4n) is 7.02. The number of halogens is 3. The highest BCUT2D eigenvalue weighted by Gasteiger charge is 2.60. The molecule has 0 saturated heterocycles. The molecule has 4 aromatic rings. The number of carboxylic acids is 1. The molecule has 202 valence electrons. The summed E-state index contributed by atoms with van der Waals surface area (Å²) in [6.07, 6.45) is -1.43. The van der Waals surface area contributed by atoms with Crippen LogP contribution < -0.4 is 4.74 Å². The van der Waals surface area contributed by atoms with Crippen LogP contribution in [0.1, 0.15) is 68.7 Å². The van der Waals surface area contributed by atoms with Crippen LogP contribution in [0.25, 0.3) is 0 Å². The number of nitrogens with zero attached hydrogens (tertiary/aromatic N) is 1. The summed E-state index contributed by atoms with van der Waals surface area (Å²) < 4.78 is 48.1. The number of carbonyl (C=O) groups is 1. The summed E-state index contributed by atoms with van der Waals surface area (Å²) in [6.45, 7) is 0.229. The second-order valence-electron chi connectivity index (χ2n) is 11.1. The van der Waals surface area contributed by atoms with E-state index in [4.69, 9.17) is 4.74 Å². The molecule has 1 saturated carbocycles. The molecule has 0 aliphatic heterocycles. The number of pyridine rings is 1. The topological polar surface area (TPSA) is 59.4 Å². The lowest BCUT2D eigenvalue weighted by molar-refractivity contribution is -0.139. The Kier molecular flexibility index (Phi) is 5.73. The van der Waals surface area contributed by atoms with Gasteiger partial charge in [0.2, 0.25) is 5.88 Å². The Bertz CT molecular complexity index is 1620. The highest BCUT2D eigenvalue weighted by atomic mass is 19.4. The Morgan fingerprint density at radius 3 is 2.45 bits per heavy atom. The van der Waals surface area contributed by atoms with Crippen LogP contribution in [-0.4, -0.2) is 16.1 Å². The van der Waals surface area contributed by atoms with E-state index in [1.165, 1.54) is 12.1 Å². The van der Waals surface area contributed by atoms with E-state index in [-0.39, 0.29) is 30.3 Å². The van der Waals surface area contributed by atoms with Crippen LogP contribution in [0.5, 0.6) is 5.88 Å². The number of carboxylic acid groups (broad SMARTS) is 1. The smallest absolute Gasteiger partial charge is 0.416 e. The zero-order chi connectivity index (χ0) is 27.6. The van der Waals surface area contributed by atoms with Crippen molar-refractivity contribution in [1.82, 2.24) is 4.98 Å². The van der Waals surface area contributed by atoms with E-state index in [2.05, 4.69) is 4.98 Å². The van der Waals surface area contributed by atoms with Crippen LogP contribution in [0.15, 0.2) is 85.1 Å². The number of fused-ring (bicyclic) bond motifs is 4. The number of ether oxygens (including phenoxy) is 1. The molecular formula is C33H26F3NO3. The van der Waals surface area contributed by atoms with Crippen molar-refractivity contribution in [1.29, 1.82) is 0 Å². The van der Waals surface area contributed by atoms with Gasteiger partial charge in [-0.25, -0.2) is 4.98 Å². The Morgan fingerprint density at radius 1 is 0.900 bits per heavy atom. The predicted molar refractivity (Wildman–Crippen MR) is 142 cm³/mol. The molecule has 0 radical (unpaired) electrons. The van der Waals surface area contributed by atoms with Gasteiger partial charge in [-0.15, -0.1) is 0 Å². The van der Waals surface area contributed by atoms with Gasteiger partial charge in [-0.3, -0.25) is 4.79 Å². The highest BCUT2D eigenvalue weighted by molar-refractivity contribution is 5.77. The summed E-state index contributed by atoms with van der Waals surface area (Å²) >= 11 is 0. The zero-order valence-corrected chi connectivity index (χ0v) is 21.4. The van der Waals surface area contributed by atoms with Crippen LogP contribution in [0, 0.1) is 11.8 Å². The number of hydrogen-bond donors (Lipinski definition) is 1. The van der Waals surface area contributed by atoms with Crippen molar-refractivity contribution in [3.05, 3.63) is 130 Å². The molecule has 3 aromatic carbocycles. The summed E-state index contributed by atoms with van der Waals surface area (Å²) in [5.74, 6) is -0.781. The zero-order valence-electron chi connectivity index (χ0n) is 21.4. The van der Waals surface area contributed by atoms with Crippen LogP contribution in [-0.2, 0) is 24.0 Å². The van der Waals surface area contributed by atoms with Crippen molar-refractivity contribution in [3.63, 3.8) is 0 Å². The lowest BCUT2D eigenvalue weighted by atomic mass is 9.87. The molecule has 0 spiro atoms. The highest BCUT2D eigenvalue weighted by Crippen LogP contribution is 2.61. The molecule has 40 heavy (non-hydrogen) atoms. The molecule has 3 aliphatic carbocycles. The molecule has 7 heteroatoms. The SMILES string of the molecule is O=C(O)C1C2Cc3cc(OCc4ccc5c(c4)C(c4ccccc4C(F)(F)F)CC5c4ccccc4)ncc3C21. The maximum atomic E-state index is 14.0. The van der Waals surface area contributed by atoms with E-state index in [1.54, 1.807) is 18.3 Å². The molecule has 5 unspecified atom stereocenters. The first-order valence-electron chi connectivity index (χ1n) is 13.5. The number of rotatable bonds is 6. The fourth-order valence-corrected chi connectivity index (χ4v) is 7.02. The minimum atomic E-state index is -4.44. The predicted octanol–water partition coefficient (Wildman–Crippen LogP) is 7.32. The van der Waals surface area contributed by atoms with Gasteiger partial charge >= 0.3 is 12.1 Å². The molecule has 1 aromatic heterocycles. The minimum Gasteiger partial charge on any atom is -0.481 e. The van der Waals surface area contributed by atoms with E-state index in [0.29, 0.717) is 17.9 Å². The summed E-state index contributed by atoms with van der Waals surface area (Å²) in [5.41, 5.74) is 5.68. The molecule has 1 fully saturated rings. The average molecular weight is 542 g/mol. The second kappa shape index (κ2) is 9.22. The van der Waals surface area contributed by atoms with Crippen LogP contribution in [0.4, 0.5) is 13.2 Å². The van der Waals surface area contributed by atoms with Crippen molar-refractivity contribution < 1.29 is 27.8 Å². The summed E-state index contributed by atoms with van der Waals surface area (Å²) in [6, 6.07) is 23.7. The lowest BCUT2D eigenvalue weighted by Gasteiger charge is -2.19. The molecular weight excluding hydrogens is 515 g/mol. The average Bonchev–Trinajstić information content (AvgIpc) is 3.35. The number of benzene rings is 3. The summed E-state index contributed by atoms with van der Waals surface area (Å²) in [7, 11) is 0. The van der Waals surface area contributed by atoms with Gasteiger partial charge in [-0.05, 0) is 63.8 Å². The van der Waals surface area contributed by atoms with E-state index in [1.807, 2.05) is 54.6 Å². The van der Waals surface area contributed by atoms with Gasteiger partial charge in [0.25, 0.3) is 0 Å². The van der Waals surface area contributed by atoms with Gasteiger partial charge in [-0.1, -0.05) is 66.7 Å². The van der Waals surface area contributed by atoms with Crippen molar-refractivity contribution in [2.45, 2.75) is 43.4 Å². The standard InChI is InChI=1S/C33H26F3NO3/c34-33(35,36)28-9-5-4-8-22(28)25-15-23(19-6-2-1-3-7-19)21-11-10-18(12-24(21)25)17-40-29-14-20-13-26-30(27(20)16-37-29)31(26)32(38)39/h1-12,14,16,23,25-26,30-31H,13,15,17H2,(H,38,39). The van der Waals surface area contributed by atoms with E-state index in [9.17, 15) is 23.1 Å². The van der Waals surface area contributed by atoms with Gasteiger partial charge in [0.15, 0.2) is 0 Å². The second-order valence-corrected chi connectivity index (χ2v) is 11.1. The first-order valence-corrected chi connectivity index (χ1v) is 13.5. The molecule has 0 amide bonds. The maximum Gasteiger partial charge on any atom is 0.416 e. The van der Waals surface area contributed by atoms with Gasteiger partial charge in [0, 0.05) is 30.0 Å². The molecule has 7 rings (SSSR count). The van der Waals surface area contributed by atoms with Crippen molar-refractivity contribution in [2.75, 3.05) is 0 Å². The van der Waals surface area contributed by atoms with Crippen molar-refractivity contribution in [3.8, 4) is 5.88 Å². The first kappa shape index (κ1) is 24.9. The number of aliphatic carboxylic acids is 1. The normalized spacial score (nSPS) is 24.2. The monoisotopic (exact) mass is 541 g/mol.